The first-order valence-electron chi connectivity index (χ1n) is 8.68. The highest BCUT2D eigenvalue weighted by Gasteiger charge is 2.11. The third-order valence-electron chi connectivity index (χ3n) is 3.66. The van der Waals surface area contributed by atoms with Crippen molar-refractivity contribution in [3.8, 4) is 5.75 Å². The summed E-state index contributed by atoms with van der Waals surface area (Å²) in [7, 11) is 0. The van der Waals surface area contributed by atoms with Gasteiger partial charge in [0.25, 0.3) is 5.22 Å². The highest BCUT2D eigenvalue weighted by atomic mass is 79.9. The van der Waals surface area contributed by atoms with E-state index in [0.717, 1.165) is 11.8 Å². The largest absolute Gasteiger partial charge is 0.492 e. The second kappa shape index (κ2) is 11.2. The van der Waals surface area contributed by atoms with E-state index >= 15 is 0 Å². The zero-order chi connectivity index (χ0) is 21.5. The van der Waals surface area contributed by atoms with E-state index in [-0.39, 0.29) is 11.7 Å². The number of carbonyl (C=O) groups is 1. The Bertz CT molecular complexity index is 1040. The van der Waals surface area contributed by atoms with Crippen LogP contribution in [0, 0.1) is 0 Å². The lowest BCUT2D eigenvalue weighted by Gasteiger charge is -2.07. The summed E-state index contributed by atoms with van der Waals surface area (Å²) in [6, 6.07) is 10.2. The van der Waals surface area contributed by atoms with E-state index in [9.17, 15) is 4.79 Å². The number of nitrogens with zero attached hydrogens (tertiary/aromatic N) is 2. The molecule has 0 aliphatic carbocycles. The molecule has 0 saturated heterocycles. The van der Waals surface area contributed by atoms with E-state index in [2.05, 4.69) is 31.4 Å². The third kappa shape index (κ3) is 7.06. The maximum absolute atomic E-state index is 12.1. The van der Waals surface area contributed by atoms with Gasteiger partial charge in [0.15, 0.2) is 0 Å². The quantitative estimate of drug-likeness (QED) is 0.241. The number of anilines is 1. The minimum absolute atomic E-state index is 0.139. The van der Waals surface area contributed by atoms with E-state index in [1.54, 1.807) is 36.4 Å². The van der Waals surface area contributed by atoms with Gasteiger partial charge in [-0.1, -0.05) is 46.6 Å². The molecule has 3 aromatic rings. The smallest absolute Gasteiger partial charge is 0.277 e. The summed E-state index contributed by atoms with van der Waals surface area (Å²) in [5.41, 5.74) is 0.642. The number of rotatable bonds is 9. The normalized spacial score (nSPS) is 10.8. The van der Waals surface area contributed by atoms with Gasteiger partial charge in [-0.15, -0.1) is 10.2 Å². The highest BCUT2D eigenvalue weighted by Crippen LogP contribution is 2.28. The molecule has 0 atom stereocenters. The van der Waals surface area contributed by atoms with E-state index in [1.807, 2.05) is 0 Å². The van der Waals surface area contributed by atoms with E-state index in [0.29, 0.717) is 61.5 Å². The number of carbonyl (C=O) groups excluding carboxylic acids is 1. The molecule has 0 saturated carbocycles. The molecule has 1 N–H and O–H groups in total. The van der Waals surface area contributed by atoms with Crippen LogP contribution in [0.2, 0.25) is 15.1 Å². The molecule has 0 unspecified atom stereocenters. The van der Waals surface area contributed by atoms with Crippen LogP contribution in [0.15, 0.2) is 50.5 Å². The second-order valence-corrected chi connectivity index (χ2v) is 8.99. The van der Waals surface area contributed by atoms with Gasteiger partial charge in [-0.3, -0.25) is 4.79 Å². The monoisotopic (exact) mass is 549 g/mol. The lowest BCUT2D eigenvalue weighted by molar-refractivity contribution is -0.113. The topological polar surface area (TPSA) is 77.2 Å². The Hall–Kier alpha value is -1.45. The zero-order valence-electron chi connectivity index (χ0n) is 15.3. The molecular formula is C19H15BrCl3N3O3S. The second-order valence-electron chi connectivity index (χ2n) is 5.95. The standard InChI is InChI=1S/C19H15BrCl3N3O3S/c20-13-9-12(4-5-14(13)22)24-17(27)10-30-19-26-25-18(29-19)2-1-7-28-16-6-3-11(21)8-15(16)23/h3-6,8-9H,1-2,7,10H2,(H,24,27). The maximum Gasteiger partial charge on any atom is 0.277 e. The number of benzene rings is 2. The van der Waals surface area contributed by atoms with E-state index < -0.39 is 0 Å². The van der Waals surface area contributed by atoms with Gasteiger partial charge >= 0.3 is 0 Å². The molecule has 158 valence electrons. The van der Waals surface area contributed by atoms with Crippen LogP contribution in [0.3, 0.4) is 0 Å². The van der Waals surface area contributed by atoms with Crippen molar-refractivity contribution in [2.45, 2.75) is 18.1 Å². The first kappa shape index (κ1) is 23.2. The van der Waals surface area contributed by atoms with Gasteiger partial charge in [-0.2, -0.15) is 0 Å². The Kier molecular flexibility index (Phi) is 8.71. The predicted molar refractivity (Wildman–Crippen MR) is 123 cm³/mol. The lowest BCUT2D eigenvalue weighted by atomic mass is 10.3. The Balaban J connectivity index is 1.39. The molecular weight excluding hydrogens is 537 g/mol. The number of aromatic nitrogens is 2. The van der Waals surface area contributed by atoms with Crippen molar-refractivity contribution < 1.29 is 13.9 Å². The zero-order valence-corrected chi connectivity index (χ0v) is 20.0. The van der Waals surface area contributed by atoms with Gasteiger partial charge in [0.05, 0.1) is 22.4 Å². The number of thioether (sulfide) groups is 1. The molecule has 0 bridgehead atoms. The van der Waals surface area contributed by atoms with Crippen molar-refractivity contribution in [2.24, 2.45) is 0 Å². The minimum atomic E-state index is -0.192. The average molecular weight is 552 g/mol. The predicted octanol–water partition coefficient (Wildman–Crippen LogP) is 6.53. The molecule has 0 fully saturated rings. The maximum atomic E-state index is 12.1. The fraction of sp³-hybridized carbons (Fsp3) is 0.211. The summed E-state index contributed by atoms with van der Waals surface area (Å²) in [5.74, 6) is 0.995. The molecule has 6 nitrogen and oxygen atoms in total. The number of nitrogens with one attached hydrogen (secondary N) is 1. The summed E-state index contributed by atoms with van der Waals surface area (Å²) >= 11 is 22.3. The average Bonchev–Trinajstić information content (AvgIpc) is 3.16. The Morgan fingerprint density at radius 3 is 2.73 bits per heavy atom. The summed E-state index contributed by atoms with van der Waals surface area (Å²) in [6.45, 7) is 0.436. The number of aryl methyl sites for hydroxylation is 1. The van der Waals surface area contributed by atoms with Crippen LogP contribution in [0.4, 0.5) is 5.69 Å². The SMILES string of the molecule is O=C(CSc1nnc(CCCOc2ccc(Cl)cc2Cl)o1)Nc1ccc(Cl)c(Br)c1. The van der Waals surface area contributed by atoms with Crippen LogP contribution in [0.5, 0.6) is 5.75 Å². The molecule has 1 aromatic heterocycles. The molecule has 1 heterocycles. The van der Waals surface area contributed by atoms with E-state index in [4.69, 9.17) is 44.0 Å². The molecule has 0 spiro atoms. The number of ether oxygens (including phenoxy) is 1. The van der Waals surface area contributed by atoms with Crippen molar-refractivity contribution >= 4 is 74.1 Å². The van der Waals surface area contributed by atoms with Crippen LogP contribution < -0.4 is 10.1 Å². The fourth-order valence-electron chi connectivity index (χ4n) is 2.29. The van der Waals surface area contributed by atoms with Crippen molar-refractivity contribution in [1.82, 2.24) is 10.2 Å². The van der Waals surface area contributed by atoms with Crippen LogP contribution in [-0.2, 0) is 11.2 Å². The van der Waals surface area contributed by atoms with Gasteiger partial charge in [0, 0.05) is 21.6 Å². The van der Waals surface area contributed by atoms with Gasteiger partial charge in [0.1, 0.15) is 5.75 Å². The Morgan fingerprint density at radius 2 is 1.97 bits per heavy atom. The van der Waals surface area contributed by atoms with Crippen LogP contribution in [0.25, 0.3) is 0 Å². The molecule has 1 amide bonds. The minimum Gasteiger partial charge on any atom is -0.492 e. The molecule has 11 heteroatoms. The fourth-order valence-corrected chi connectivity index (χ4v) is 3.83. The van der Waals surface area contributed by atoms with Gasteiger partial charge in [-0.05, 0) is 58.7 Å². The molecule has 0 aliphatic rings. The van der Waals surface area contributed by atoms with Gasteiger partial charge < -0.3 is 14.5 Å². The van der Waals surface area contributed by atoms with Crippen LogP contribution >= 0.6 is 62.5 Å². The Morgan fingerprint density at radius 1 is 1.13 bits per heavy atom. The van der Waals surface area contributed by atoms with Crippen molar-refractivity contribution in [3.63, 3.8) is 0 Å². The number of hydrogen-bond acceptors (Lipinski definition) is 6. The van der Waals surface area contributed by atoms with Gasteiger partial charge in [-0.25, -0.2) is 0 Å². The molecule has 3 rings (SSSR count). The molecule has 30 heavy (non-hydrogen) atoms. The van der Waals surface area contributed by atoms with Crippen molar-refractivity contribution in [1.29, 1.82) is 0 Å². The summed E-state index contributed by atoms with van der Waals surface area (Å²) in [6.07, 6.45) is 1.21. The lowest BCUT2D eigenvalue weighted by Crippen LogP contribution is -2.13. The summed E-state index contributed by atoms with van der Waals surface area (Å²) in [5, 5.41) is 12.6. The van der Waals surface area contributed by atoms with E-state index in [1.165, 1.54) is 0 Å². The number of amides is 1. The number of halogens is 4. The first-order chi connectivity index (χ1) is 14.4. The van der Waals surface area contributed by atoms with Crippen molar-refractivity contribution in [3.05, 3.63) is 61.8 Å². The highest BCUT2D eigenvalue weighted by molar-refractivity contribution is 9.10. The molecule has 0 radical (unpaired) electrons. The summed E-state index contributed by atoms with van der Waals surface area (Å²) < 4.78 is 11.9. The van der Waals surface area contributed by atoms with Crippen molar-refractivity contribution in [2.75, 3.05) is 17.7 Å². The molecule has 2 aromatic carbocycles. The first-order valence-corrected chi connectivity index (χ1v) is 11.6. The third-order valence-corrected chi connectivity index (χ3v) is 6.23. The van der Waals surface area contributed by atoms with Gasteiger partial charge in [0.2, 0.25) is 11.8 Å². The number of hydrogen-bond donors (Lipinski definition) is 1. The Labute approximate surface area is 200 Å². The molecule has 0 aliphatic heterocycles. The van der Waals surface area contributed by atoms with Crippen LogP contribution in [-0.4, -0.2) is 28.5 Å². The summed E-state index contributed by atoms with van der Waals surface area (Å²) in [4.78, 5) is 12.1. The van der Waals surface area contributed by atoms with Crippen LogP contribution in [0.1, 0.15) is 12.3 Å².